The van der Waals surface area contributed by atoms with Gasteiger partial charge in [-0.25, -0.2) is 9.97 Å². The second kappa shape index (κ2) is 11.1. The number of carbonyl (C=O) groups excluding carboxylic acids is 1. The van der Waals surface area contributed by atoms with E-state index in [1.807, 2.05) is 30.5 Å². The number of rotatable bonds is 11. The number of amides is 1. The molecule has 172 valence electrons. The lowest BCUT2D eigenvalue weighted by atomic mass is 10.2. The Bertz CT molecular complexity index is 1210. The molecule has 3 N–H and O–H groups in total. The molecule has 0 unspecified atom stereocenters. The third kappa shape index (κ3) is 5.79. The van der Waals surface area contributed by atoms with Crippen molar-refractivity contribution in [2.24, 2.45) is 5.73 Å². The third-order valence-electron chi connectivity index (χ3n) is 5.00. The highest BCUT2D eigenvalue weighted by Gasteiger charge is 2.14. The molecule has 0 aliphatic carbocycles. The van der Waals surface area contributed by atoms with Gasteiger partial charge in [0.05, 0.1) is 43.2 Å². The van der Waals surface area contributed by atoms with Crippen LogP contribution in [-0.2, 0) is 16.0 Å². The summed E-state index contributed by atoms with van der Waals surface area (Å²) in [6.07, 6.45) is 3.43. The van der Waals surface area contributed by atoms with Crippen LogP contribution in [-0.4, -0.2) is 58.4 Å². The van der Waals surface area contributed by atoms with Gasteiger partial charge in [-0.15, -0.1) is 11.3 Å². The summed E-state index contributed by atoms with van der Waals surface area (Å²) in [5.74, 6) is 0.646. The number of nitrogens with zero attached hydrogens (tertiary/aromatic N) is 4. The number of ether oxygens (including phenoxy) is 2. The van der Waals surface area contributed by atoms with E-state index in [0.29, 0.717) is 50.2 Å². The van der Waals surface area contributed by atoms with E-state index in [0.717, 1.165) is 28.1 Å². The summed E-state index contributed by atoms with van der Waals surface area (Å²) < 4.78 is 13.0. The Morgan fingerprint density at radius 2 is 1.88 bits per heavy atom. The van der Waals surface area contributed by atoms with Crippen molar-refractivity contribution in [2.75, 3.05) is 38.3 Å². The first-order chi connectivity index (χ1) is 16.2. The van der Waals surface area contributed by atoms with E-state index < -0.39 is 0 Å². The highest BCUT2D eigenvalue weighted by atomic mass is 32.1. The molecule has 33 heavy (non-hydrogen) atoms. The van der Waals surface area contributed by atoms with Crippen LogP contribution in [0.1, 0.15) is 16.2 Å². The summed E-state index contributed by atoms with van der Waals surface area (Å²) in [7, 11) is 0. The lowest BCUT2D eigenvalue weighted by molar-refractivity contribution is 0.0478. The Labute approximate surface area is 195 Å². The summed E-state index contributed by atoms with van der Waals surface area (Å²) in [6, 6.07) is 9.28. The number of carbonyl (C=O) groups is 1. The molecular formula is C23H26N6O3S. The molecule has 0 aliphatic heterocycles. The second-order valence-corrected chi connectivity index (χ2v) is 8.11. The quantitative estimate of drug-likeness (QED) is 0.326. The molecule has 0 saturated carbocycles. The molecule has 3 heterocycles. The van der Waals surface area contributed by atoms with Crippen molar-refractivity contribution in [1.29, 1.82) is 0 Å². The van der Waals surface area contributed by atoms with Crippen LogP contribution in [0.2, 0.25) is 0 Å². The monoisotopic (exact) mass is 466 g/mol. The number of hydrogen-bond acceptors (Lipinski definition) is 8. The van der Waals surface area contributed by atoms with Crippen LogP contribution in [0.15, 0.2) is 48.1 Å². The van der Waals surface area contributed by atoms with Gasteiger partial charge < -0.3 is 19.8 Å². The molecule has 1 amide bonds. The number of anilines is 1. The Morgan fingerprint density at radius 3 is 2.67 bits per heavy atom. The fraction of sp³-hybridized carbons (Fsp3) is 0.304. The number of thiazole rings is 1. The van der Waals surface area contributed by atoms with Gasteiger partial charge in [-0.3, -0.25) is 15.1 Å². The minimum absolute atomic E-state index is 0.222. The predicted molar refractivity (Wildman–Crippen MR) is 128 cm³/mol. The summed E-state index contributed by atoms with van der Waals surface area (Å²) in [5, 5.41) is 5.33. The molecule has 4 aromatic rings. The van der Waals surface area contributed by atoms with E-state index in [2.05, 4.69) is 24.8 Å². The summed E-state index contributed by atoms with van der Waals surface area (Å²) >= 11 is 1.38. The summed E-state index contributed by atoms with van der Waals surface area (Å²) in [6.45, 7) is 5.26. The minimum Gasteiger partial charge on any atom is -0.378 e. The van der Waals surface area contributed by atoms with Crippen molar-refractivity contribution >= 4 is 33.4 Å². The molecule has 1 aromatic carbocycles. The van der Waals surface area contributed by atoms with Gasteiger partial charge in [-0.05, 0) is 37.3 Å². The zero-order valence-electron chi connectivity index (χ0n) is 18.4. The SMILES string of the molecule is Cc1nc2cc(C(=O)Nc3nc(-c4ccncc4)cs3)ccc2n1CCOCCOCCN. The number of aryl methyl sites for hydroxylation is 1. The van der Waals surface area contributed by atoms with E-state index >= 15 is 0 Å². The largest absolute Gasteiger partial charge is 0.378 e. The minimum atomic E-state index is -0.222. The van der Waals surface area contributed by atoms with E-state index in [9.17, 15) is 4.79 Å². The van der Waals surface area contributed by atoms with Crippen LogP contribution in [0.4, 0.5) is 5.13 Å². The van der Waals surface area contributed by atoms with Gasteiger partial charge in [0.1, 0.15) is 5.82 Å². The fourth-order valence-electron chi connectivity index (χ4n) is 3.39. The Morgan fingerprint density at radius 1 is 1.09 bits per heavy atom. The molecule has 10 heteroatoms. The van der Waals surface area contributed by atoms with E-state index in [-0.39, 0.29) is 5.91 Å². The third-order valence-corrected chi connectivity index (χ3v) is 5.75. The van der Waals surface area contributed by atoms with Gasteiger partial charge >= 0.3 is 0 Å². The first-order valence-corrected chi connectivity index (χ1v) is 11.5. The molecule has 0 fully saturated rings. The van der Waals surface area contributed by atoms with E-state index in [1.54, 1.807) is 24.5 Å². The Kier molecular flexibility index (Phi) is 7.74. The topological polar surface area (TPSA) is 117 Å². The molecule has 0 spiro atoms. The molecule has 0 atom stereocenters. The normalized spacial score (nSPS) is 11.2. The maximum absolute atomic E-state index is 12.8. The summed E-state index contributed by atoms with van der Waals surface area (Å²) in [4.78, 5) is 25.9. The molecule has 0 radical (unpaired) electrons. The number of benzene rings is 1. The first kappa shape index (κ1) is 23.0. The maximum Gasteiger partial charge on any atom is 0.257 e. The lowest BCUT2D eigenvalue weighted by Gasteiger charge is -2.08. The van der Waals surface area contributed by atoms with Gasteiger partial charge in [0.15, 0.2) is 5.13 Å². The highest BCUT2D eigenvalue weighted by Crippen LogP contribution is 2.25. The number of nitrogens with two attached hydrogens (primary N) is 1. The molecule has 0 bridgehead atoms. The predicted octanol–water partition coefficient (Wildman–Crippen LogP) is 3.11. The van der Waals surface area contributed by atoms with Crippen LogP contribution < -0.4 is 11.1 Å². The van der Waals surface area contributed by atoms with Crippen LogP contribution in [0.5, 0.6) is 0 Å². The van der Waals surface area contributed by atoms with Gasteiger partial charge in [0.2, 0.25) is 0 Å². The molecule has 9 nitrogen and oxygen atoms in total. The van der Waals surface area contributed by atoms with E-state index in [1.165, 1.54) is 11.3 Å². The molecule has 0 aliphatic rings. The average molecular weight is 467 g/mol. The molecule has 0 saturated heterocycles. The first-order valence-electron chi connectivity index (χ1n) is 10.7. The van der Waals surface area contributed by atoms with Gasteiger partial charge in [-0.1, -0.05) is 0 Å². The zero-order valence-corrected chi connectivity index (χ0v) is 19.2. The number of aromatic nitrogens is 4. The Hall–Kier alpha value is -3.18. The molecular weight excluding hydrogens is 440 g/mol. The number of pyridine rings is 1. The van der Waals surface area contributed by atoms with Gasteiger partial charge in [0.25, 0.3) is 5.91 Å². The van der Waals surface area contributed by atoms with Crippen molar-refractivity contribution in [2.45, 2.75) is 13.5 Å². The maximum atomic E-state index is 12.8. The van der Waals surface area contributed by atoms with Crippen molar-refractivity contribution in [3.05, 3.63) is 59.5 Å². The fourth-order valence-corrected chi connectivity index (χ4v) is 4.11. The molecule has 3 aromatic heterocycles. The number of imidazole rings is 1. The number of hydrogen-bond donors (Lipinski definition) is 2. The van der Waals surface area contributed by atoms with Gasteiger partial charge in [0, 0.05) is 42.0 Å². The summed E-state index contributed by atoms with van der Waals surface area (Å²) in [5.41, 5.74) is 9.40. The standard InChI is InChI=1S/C23H26N6O3S/c1-16-26-19-14-18(2-3-21(19)29(16)9-11-32-13-12-31-10-6-24)22(30)28-23-27-20(15-33-23)17-4-7-25-8-5-17/h2-5,7-8,14-15H,6,9-13,24H2,1H3,(H,27,28,30). The van der Waals surface area contributed by atoms with Crippen LogP contribution in [0.3, 0.4) is 0 Å². The number of fused-ring (bicyclic) bond motifs is 1. The van der Waals surface area contributed by atoms with Gasteiger partial charge in [-0.2, -0.15) is 0 Å². The smallest absolute Gasteiger partial charge is 0.257 e. The zero-order chi connectivity index (χ0) is 23.0. The average Bonchev–Trinajstić information content (AvgIpc) is 3.42. The highest BCUT2D eigenvalue weighted by molar-refractivity contribution is 7.14. The lowest BCUT2D eigenvalue weighted by Crippen LogP contribution is -2.14. The van der Waals surface area contributed by atoms with Crippen LogP contribution >= 0.6 is 11.3 Å². The van der Waals surface area contributed by atoms with E-state index in [4.69, 9.17) is 15.2 Å². The molecule has 4 rings (SSSR count). The van der Waals surface area contributed by atoms with Crippen molar-refractivity contribution in [3.63, 3.8) is 0 Å². The van der Waals surface area contributed by atoms with Crippen molar-refractivity contribution in [1.82, 2.24) is 19.5 Å². The van der Waals surface area contributed by atoms with Crippen molar-refractivity contribution < 1.29 is 14.3 Å². The second-order valence-electron chi connectivity index (χ2n) is 7.26. The Balaban J connectivity index is 1.38. The van der Waals surface area contributed by atoms with Crippen LogP contribution in [0.25, 0.3) is 22.3 Å². The number of nitrogens with one attached hydrogen (secondary N) is 1. The van der Waals surface area contributed by atoms with Crippen molar-refractivity contribution in [3.8, 4) is 11.3 Å². The van der Waals surface area contributed by atoms with Crippen LogP contribution in [0, 0.1) is 6.92 Å².